The average Bonchev–Trinajstić information content (AvgIpc) is 2.65. The minimum Gasteiger partial charge on any atom is -0.374 e. The van der Waals surface area contributed by atoms with Gasteiger partial charge in [-0.15, -0.1) is 0 Å². The van der Waals surface area contributed by atoms with Gasteiger partial charge in [0.15, 0.2) is 0 Å². The summed E-state index contributed by atoms with van der Waals surface area (Å²) in [6, 6.07) is 10.5. The SMILES string of the molecule is CCCC(=O)Nc1cccc(NC(C)C(=O)Nc2ccc([N+](=O)[O-])cc2)c1C. The molecule has 0 spiro atoms. The summed E-state index contributed by atoms with van der Waals surface area (Å²) < 4.78 is 0. The van der Waals surface area contributed by atoms with Gasteiger partial charge in [-0.25, -0.2) is 0 Å². The van der Waals surface area contributed by atoms with Gasteiger partial charge in [0.25, 0.3) is 5.69 Å². The summed E-state index contributed by atoms with van der Waals surface area (Å²) in [6.45, 7) is 5.52. The summed E-state index contributed by atoms with van der Waals surface area (Å²) in [5, 5.41) is 19.4. The Labute approximate surface area is 163 Å². The van der Waals surface area contributed by atoms with E-state index >= 15 is 0 Å². The Bertz CT molecular complexity index is 865. The van der Waals surface area contributed by atoms with Crippen LogP contribution in [0.4, 0.5) is 22.7 Å². The molecule has 0 fully saturated rings. The third-order valence-electron chi connectivity index (χ3n) is 4.20. The number of benzene rings is 2. The highest BCUT2D eigenvalue weighted by atomic mass is 16.6. The van der Waals surface area contributed by atoms with Gasteiger partial charge >= 0.3 is 0 Å². The van der Waals surface area contributed by atoms with E-state index in [1.165, 1.54) is 24.3 Å². The Morgan fingerprint density at radius 1 is 1.07 bits per heavy atom. The highest BCUT2D eigenvalue weighted by molar-refractivity contribution is 5.97. The molecule has 3 N–H and O–H groups in total. The standard InChI is InChI=1S/C20H24N4O4/c1-4-6-19(25)23-18-8-5-7-17(13(18)2)21-14(3)20(26)22-15-9-11-16(12-10-15)24(27)28/h5,7-12,14,21H,4,6H2,1-3H3,(H,22,26)(H,23,25). The summed E-state index contributed by atoms with van der Waals surface area (Å²) in [6.07, 6.45) is 1.22. The normalized spacial score (nSPS) is 11.4. The fraction of sp³-hybridized carbons (Fsp3) is 0.300. The van der Waals surface area contributed by atoms with E-state index in [-0.39, 0.29) is 17.5 Å². The van der Waals surface area contributed by atoms with Crippen LogP contribution in [0.2, 0.25) is 0 Å². The number of hydrogen-bond donors (Lipinski definition) is 3. The minimum atomic E-state index is -0.560. The van der Waals surface area contributed by atoms with Crippen molar-refractivity contribution in [2.24, 2.45) is 0 Å². The largest absolute Gasteiger partial charge is 0.374 e. The van der Waals surface area contributed by atoms with Crippen LogP contribution in [-0.4, -0.2) is 22.8 Å². The van der Waals surface area contributed by atoms with E-state index in [0.29, 0.717) is 17.8 Å². The maximum atomic E-state index is 12.4. The predicted molar refractivity (Wildman–Crippen MR) is 110 cm³/mol. The molecule has 0 saturated carbocycles. The maximum absolute atomic E-state index is 12.4. The Hall–Kier alpha value is -3.42. The second-order valence-corrected chi connectivity index (χ2v) is 6.44. The molecule has 0 radical (unpaired) electrons. The molecule has 8 heteroatoms. The molecular weight excluding hydrogens is 360 g/mol. The molecule has 1 atom stereocenters. The van der Waals surface area contributed by atoms with Crippen molar-refractivity contribution in [1.82, 2.24) is 0 Å². The number of nitrogens with zero attached hydrogens (tertiary/aromatic N) is 1. The molecule has 0 heterocycles. The molecule has 0 aromatic heterocycles. The molecule has 8 nitrogen and oxygen atoms in total. The molecule has 2 amide bonds. The summed E-state index contributed by atoms with van der Waals surface area (Å²) in [4.78, 5) is 34.5. The fourth-order valence-corrected chi connectivity index (χ4v) is 2.58. The molecule has 0 aliphatic heterocycles. The topological polar surface area (TPSA) is 113 Å². The van der Waals surface area contributed by atoms with Gasteiger partial charge in [0, 0.05) is 35.6 Å². The lowest BCUT2D eigenvalue weighted by Gasteiger charge is -2.19. The van der Waals surface area contributed by atoms with Crippen LogP contribution in [0.15, 0.2) is 42.5 Å². The van der Waals surface area contributed by atoms with E-state index in [1.54, 1.807) is 13.0 Å². The predicted octanol–water partition coefficient (Wildman–Crippen LogP) is 4.08. The molecule has 2 aromatic carbocycles. The first kappa shape index (κ1) is 20.9. The van der Waals surface area contributed by atoms with Gasteiger partial charge in [-0.05, 0) is 50.1 Å². The average molecular weight is 384 g/mol. The van der Waals surface area contributed by atoms with Crippen LogP contribution in [0, 0.1) is 17.0 Å². The molecule has 0 saturated heterocycles. The first-order valence-corrected chi connectivity index (χ1v) is 9.03. The van der Waals surface area contributed by atoms with Crippen molar-refractivity contribution in [3.05, 3.63) is 58.1 Å². The third-order valence-corrected chi connectivity index (χ3v) is 4.20. The van der Waals surface area contributed by atoms with Gasteiger partial charge in [0.1, 0.15) is 6.04 Å². The van der Waals surface area contributed by atoms with Gasteiger partial charge in [-0.1, -0.05) is 13.0 Å². The van der Waals surface area contributed by atoms with Crippen molar-refractivity contribution < 1.29 is 14.5 Å². The number of nitro benzene ring substituents is 1. The molecule has 2 aromatic rings. The van der Waals surface area contributed by atoms with Crippen molar-refractivity contribution in [3.8, 4) is 0 Å². The first-order chi connectivity index (χ1) is 13.3. The van der Waals surface area contributed by atoms with Crippen LogP contribution in [0.1, 0.15) is 32.3 Å². The monoisotopic (exact) mass is 384 g/mol. The van der Waals surface area contributed by atoms with Gasteiger partial charge < -0.3 is 16.0 Å². The van der Waals surface area contributed by atoms with Crippen molar-refractivity contribution in [2.45, 2.75) is 39.7 Å². The number of carbonyl (C=O) groups is 2. The summed E-state index contributed by atoms with van der Waals surface area (Å²) >= 11 is 0. The molecule has 148 valence electrons. The number of non-ortho nitro benzene ring substituents is 1. The zero-order chi connectivity index (χ0) is 20.7. The van der Waals surface area contributed by atoms with Crippen molar-refractivity contribution in [3.63, 3.8) is 0 Å². The smallest absolute Gasteiger partial charge is 0.269 e. The van der Waals surface area contributed by atoms with Crippen LogP contribution in [0.5, 0.6) is 0 Å². The van der Waals surface area contributed by atoms with Crippen LogP contribution in [-0.2, 0) is 9.59 Å². The van der Waals surface area contributed by atoms with Gasteiger partial charge in [-0.3, -0.25) is 19.7 Å². The number of nitrogens with one attached hydrogen (secondary N) is 3. The number of rotatable bonds is 8. The zero-order valence-electron chi connectivity index (χ0n) is 16.1. The Morgan fingerprint density at radius 2 is 1.71 bits per heavy atom. The second-order valence-electron chi connectivity index (χ2n) is 6.44. The fourth-order valence-electron chi connectivity index (χ4n) is 2.58. The highest BCUT2D eigenvalue weighted by Gasteiger charge is 2.16. The van der Waals surface area contributed by atoms with Crippen molar-refractivity contribution in [1.29, 1.82) is 0 Å². The van der Waals surface area contributed by atoms with E-state index in [4.69, 9.17) is 0 Å². The molecule has 2 rings (SSSR count). The van der Waals surface area contributed by atoms with E-state index in [1.807, 2.05) is 26.0 Å². The molecule has 0 aliphatic carbocycles. The zero-order valence-corrected chi connectivity index (χ0v) is 16.1. The number of nitro groups is 1. The molecular formula is C20H24N4O4. The number of anilines is 3. The number of hydrogen-bond acceptors (Lipinski definition) is 5. The summed E-state index contributed by atoms with van der Waals surface area (Å²) in [5.74, 6) is -0.333. The lowest BCUT2D eigenvalue weighted by atomic mass is 10.1. The van der Waals surface area contributed by atoms with Gasteiger partial charge in [0.05, 0.1) is 4.92 Å². The van der Waals surface area contributed by atoms with Gasteiger partial charge in [0.2, 0.25) is 11.8 Å². The van der Waals surface area contributed by atoms with Crippen LogP contribution >= 0.6 is 0 Å². The Kier molecular flexibility index (Phi) is 7.08. The lowest BCUT2D eigenvalue weighted by molar-refractivity contribution is -0.384. The highest BCUT2D eigenvalue weighted by Crippen LogP contribution is 2.24. The van der Waals surface area contributed by atoms with Crippen LogP contribution in [0.25, 0.3) is 0 Å². The Morgan fingerprint density at radius 3 is 2.32 bits per heavy atom. The third kappa shape index (κ3) is 5.54. The van der Waals surface area contributed by atoms with Gasteiger partial charge in [-0.2, -0.15) is 0 Å². The quantitative estimate of drug-likeness (QED) is 0.469. The lowest BCUT2D eigenvalue weighted by Crippen LogP contribution is -2.32. The molecule has 0 bridgehead atoms. The van der Waals surface area contributed by atoms with Crippen LogP contribution < -0.4 is 16.0 Å². The summed E-state index contributed by atoms with van der Waals surface area (Å²) in [5.41, 5.74) is 2.71. The molecule has 0 aliphatic rings. The maximum Gasteiger partial charge on any atom is 0.269 e. The molecule has 28 heavy (non-hydrogen) atoms. The molecule has 1 unspecified atom stereocenters. The van der Waals surface area contributed by atoms with Crippen LogP contribution in [0.3, 0.4) is 0 Å². The number of amides is 2. The number of carbonyl (C=O) groups excluding carboxylic acids is 2. The van der Waals surface area contributed by atoms with Crippen molar-refractivity contribution in [2.75, 3.05) is 16.0 Å². The second kappa shape index (κ2) is 9.50. The van der Waals surface area contributed by atoms with E-state index in [9.17, 15) is 19.7 Å². The minimum absolute atomic E-state index is 0.0401. The summed E-state index contributed by atoms with van der Waals surface area (Å²) in [7, 11) is 0. The van der Waals surface area contributed by atoms with Crippen molar-refractivity contribution >= 4 is 34.6 Å². The van der Waals surface area contributed by atoms with E-state index in [2.05, 4.69) is 16.0 Å². The Balaban J connectivity index is 2.03. The first-order valence-electron chi connectivity index (χ1n) is 9.03. The van der Waals surface area contributed by atoms with E-state index < -0.39 is 11.0 Å². The van der Waals surface area contributed by atoms with E-state index in [0.717, 1.165) is 17.7 Å².